The van der Waals surface area contributed by atoms with Gasteiger partial charge in [0.1, 0.15) is 0 Å². The molecule has 6 nitrogen and oxygen atoms in total. The molecule has 0 spiro atoms. The lowest BCUT2D eigenvalue weighted by Gasteiger charge is -2.10. The van der Waals surface area contributed by atoms with Crippen LogP contribution < -0.4 is 10.9 Å². The maximum absolute atomic E-state index is 11.9. The Hall–Kier alpha value is -2.12. The zero-order valence-corrected chi connectivity index (χ0v) is 14.0. The molecule has 1 amide bonds. The topological polar surface area (TPSA) is 84.1 Å². The molecule has 1 aliphatic heterocycles. The number of amides is 1. The van der Waals surface area contributed by atoms with E-state index in [1.54, 1.807) is 0 Å². The van der Waals surface area contributed by atoms with E-state index in [0.717, 1.165) is 25.0 Å². The second-order valence-electron chi connectivity index (χ2n) is 5.53. The van der Waals surface area contributed by atoms with Crippen molar-refractivity contribution in [3.8, 4) is 11.3 Å². The van der Waals surface area contributed by atoms with Crippen LogP contribution in [0.4, 0.5) is 0 Å². The molecule has 126 valence electrons. The van der Waals surface area contributed by atoms with E-state index in [0.29, 0.717) is 17.4 Å². The summed E-state index contributed by atoms with van der Waals surface area (Å²) in [4.78, 5) is 30.8. The lowest BCUT2D eigenvalue weighted by atomic mass is 10.1. The number of thioether (sulfide) groups is 1. The first kappa shape index (κ1) is 16.7. The fraction of sp³-hybridized carbons (Fsp3) is 0.353. The summed E-state index contributed by atoms with van der Waals surface area (Å²) < 4.78 is 5.47. The molecule has 2 aromatic rings. The number of nitrogens with one attached hydrogen (secondary N) is 2. The quantitative estimate of drug-likeness (QED) is 0.616. The summed E-state index contributed by atoms with van der Waals surface area (Å²) in [5.41, 5.74) is 1.24. The number of nitrogens with zero attached hydrogens (tertiary/aromatic N) is 1. The molecule has 0 radical (unpaired) electrons. The highest BCUT2D eigenvalue weighted by Crippen LogP contribution is 2.18. The van der Waals surface area contributed by atoms with E-state index in [9.17, 15) is 9.59 Å². The molecule has 1 fully saturated rings. The van der Waals surface area contributed by atoms with Crippen molar-refractivity contribution >= 4 is 17.7 Å². The van der Waals surface area contributed by atoms with E-state index in [2.05, 4.69) is 15.3 Å². The van der Waals surface area contributed by atoms with Crippen molar-refractivity contribution in [2.75, 3.05) is 18.9 Å². The Kier molecular flexibility index (Phi) is 5.66. The monoisotopic (exact) mass is 345 g/mol. The third kappa shape index (κ3) is 4.69. The number of hydrogen-bond acceptors (Lipinski definition) is 5. The maximum Gasteiger partial charge on any atom is 0.252 e. The van der Waals surface area contributed by atoms with Gasteiger partial charge in [-0.1, -0.05) is 42.1 Å². The van der Waals surface area contributed by atoms with E-state index in [-0.39, 0.29) is 23.3 Å². The van der Waals surface area contributed by atoms with Crippen molar-refractivity contribution in [3.63, 3.8) is 0 Å². The van der Waals surface area contributed by atoms with E-state index in [1.165, 1.54) is 17.8 Å². The number of benzene rings is 1. The lowest BCUT2D eigenvalue weighted by Crippen LogP contribution is -2.33. The SMILES string of the molecule is O=C(CSc1nc(-c2ccccc2)cc(=O)[nH]1)NCC1CCCO1. The summed E-state index contributed by atoms with van der Waals surface area (Å²) in [5, 5.41) is 3.29. The Balaban J connectivity index is 1.57. The smallest absolute Gasteiger partial charge is 0.252 e. The van der Waals surface area contributed by atoms with Gasteiger partial charge in [0.2, 0.25) is 5.91 Å². The molecule has 1 saturated heterocycles. The molecular weight excluding hydrogens is 326 g/mol. The molecule has 2 N–H and O–H groups in total. The minimum absolute atomic E-state index is 0.0942. The van der Waals surface area contributed by atoms with Crippen LogP contribution in [0.3, 0.4) is 0 Å². The van der Waals surface area contributed by atoms with Gasteiger partial charge < -0.3 is 15.0 Å². The number of carbonyl (C=O) groups excluding carboxylic acids is 1. The van der Waals surface area contributed by atoms with E-state index >= 15 is 0 Å². The minimum Gasteiger partial charge on any atom is -0.376 e. The van der Waals surface area contributed by atoms with E-state index < -0.39 is 0 Å². The first-order chi connectivity index (χ1) is 11.7. The lowest BCUT2D eigenvalue weighted by molar-refractivity contribution is -0.119. The van der Waals surface area contributed by atoms with Gasteiger partial charge in [-0.15, -0.1) is 0 Å². The van der Waals surface area contributed by atoms with Crippen LogP contribution in [-0.4, -0.2) is 40.9 Å². The normalized spacial score (nSPS) is 16.9. The molecule has 1 aliphatic rings. The van der Waals surface area contributed by atoms with Gasteiger partial charge in [-0.05, 0) is 12.8 Å². The van der Waals surface area contributed by atoms with Gasteiger partial charge in [0.05, 0.1) is 17.6 Å². The van der Waals surface area contributed by atoms with Gasteiger partial charge in [0.15, 0.2) is 5.16 Å². The van der Waals surface area contributed by atoms with Crippen molar-refractivity contribution in [2.45, 2.75) is 24.1 Å². The predicted octanol–water partition coefficient (Wildman–Crippen LogP) is 1.82. The van der Waals surface area contributed by atoms with Crippen LogP contribution in [0.5, 0.6) is 0 Å². The molecule has 24 heavy (non-hydrogen) atoms. The first-order valence-electron chi connectivity index (χ1n) is 7.88. The van der Waals surface area contributed by atoms with Crippen LogP contribution in [0.15, 0.2) is 46.3 Å². The highest BCUT2D eigenvalue weighted by atomic mass is 32.2. The predicted molar refractivity (Wildman–Crippen MR) is 93.0 cm³/mol. The zero-order valence-electron chi connectivity index (χ0n) is 13.2. The number of aromatic nitrogens is 2. The second-order valence-corrected chi connectivity index (χ2v) is 6.49. The van der Waals surface area contributed by atoms with Crippen molar-refractivity contribution in [3.05, 3.63) is 46.8 Å². The van der Waals surface area contributed by atoms with Gasteiger partial charge in [-0.3, -0.25) is 9.59 Å². The summed E-state index contributed by atoms with van der Waals surface area (Å²) >= 11 is 1.21. The van der Waals surface area contributed by atoms with Crippen LogP contribution in [0.1, 0.15) is 12.8 Å². The highest BCUT2D eigenvalue weighted by Gasteiger charge is 2.16. The summed E-state index contributed by atoms with van der Waals surface area (Å²) in [6.07, 6.45) is 2.16. The number of carbonyl (C=O) groups is 1. The molecular formula is C17H19N3O3S. The third-order valence-electron chi connectivity index (χ3n) is 3.68. The Labute approximate surface area is 144 Å². The summed E-state index contributed by atoms with van der Waals surface area (Å²) in [6.45, 7) is 1.31. The zero-order chi connectivity index (χ0) is 16.8. The van der Waals surface area contributed by atoms with Gasteiger partial charge in [-0.2, -0.15) is 0 Å². The Bertz CT molecular complexity index is 742. The van der Waals surface area contributed by atoms with Crippen LogP contribution in [0.25, 0.3) is 11.3 Å². The molecule has 1 atom stereocenters. The van der Waals surface area contributed by atoms with Gasteiger partial charge in [0, 0.05) is 24.8 Å². The Morgan fingerprint density at radius 1 is 1.38 bits per heavy atom. The summed E-state index contributed by atoms with van der Waals surface area (Å²) in [5.74, 6) is 0.108. The molecule has 0 aliphatic carbocycles. The summed E-state index contributed by atoms with van der Waals surface area (Å²) in [7, 11) is 0. The summed E-state index contributed by atoms with van der Waals surface area (Å²) in [6, 6.07) is 10.9. The van der Waals surface area contributed by atoms with Gasteiger partial charge >= 0.3 is 0 Å². The highest BCUT2D eigenvalue weighted by molar-refractivity contribution is 7.99. The number of H-pyrrole nitrogens is 1. The molecule has 1 unspecified atom stereocenters. The van der Waals surface area contributed by atoms with Crippen molar-refractivity contribution in [2.24, 2.45) is 0 Å². The number of rotatable bonds is 6. The molecule has 0 bridgehead atoms. The maximum atomic E-state index is 11.9. The minimum atomic E-state index is -0.230. The van der Waals surface area contributed by atoms with Crippen molar-refractivity contribution in [1.29, 1.82) is 0 Å². The van der Waals surface area contributed by atoms with Gasteiger partial charge in [0.25, 0.3) is 5.56 Å². The Morgan fingerprint density at radius 2 is 2.21 bits per heavy atom. The molecule has 0 saturated carbocycles. The fourth-order valence-electron chi connectivity index (χ4n) is 2.48. The average Bonchev–Trinajstić information content (AvgIpc) is 3.12. The van der Waals surface area contributed by atoms with E-state index in [1.807, 2.05) is 30.3 Å². The van der Waals surface area contributed by atoms with Crippen LogP contribution in [0.2, 0.25) is 0 Å². The molecule has 7 heteroatoms. The average molecular weight is 345 g/mol. The fourth-order valence-corrected chi connectivity index (χ4v) is 3.18. The second kappa shape index (κ2) is 8.12. The van der Waals surface area contributed by atoms with Crippen LogP contribution in [-0.2, 0) is 9.53 Å². The standard InChI is InChI=1S/C17H19N3O3S/c21-15-9-14(12-5-2-1-3-6-12)19-17(20-15)24-11-16(22)18-10-13-7-4-8-23-13/h1-3,5-6,9,13H,4,7-8,10-11H2,(H,18,22)(H,19,20,21). The molecule has 1 aromatic carbocycles. The molecule has 3 rings (SSSR count). The third-order valence-corrected chi connectivity index (χ3v) is 4.55. The van der Waals surface area contributed by atoms with E-state index in [4.69, 9.17) is 4.74 Å². The van der Waals surface area contributed by atoms with Crippen LogP contribution >= 0.6 is 11.8 Å². The molecule has 2 heterocycles. The van der Waals surface area contributed by atoms with Gasteiger partial charge in [-0.25, -0.2) is 4.98 Å². The Morgan fingerprint density at radius 3 is 2.96 bits per heavy atom. The van der Waals surface area contributed by atoms with Crippen molar-refractivity contribution in [1.82, 2.24) is 15.3 Å². The molecule has 1 aromatic heterocycles. The number of ether oxygens (including phenoxy) is 1. The van der Waals surface area contributed by atoms with Crippen LogP contribution in [0, 0.1) is 0 Å². The largest absolute Gasteiger partial charge is 0.376 e. The number of hydrogen-bond donors (Lipinski definition) is 2. The number of aromatic amines is 1. The van der Waals surface area contributed by atoms with Crippen molar-refractivity contribution < 1.29 is 9.53 Å². The first-order valence-corrected chi connectivity index (χ1v) is 8.87.